The lowest BCUT2D eigenvalue weighted by atomic mass is 10.3. The molecule has 0 atom stereocenters. The Kier molecular flexibility index (Phi) is 2.62. The van der Waals surface area contributed by atoms with E-state index in [9.17, 15) is 8.78 Å². The van der Waals surface area contributed by atoms with Gasteiger partial charge in [0.05, 0.1) is 15.1 Å². The van der Waals surface area contributed by atoms with Gasteiger partial charge >= 0.3 is 5.92 Å². The predicted molar refractivity (Wildman–Crippen MR) is 55.6 cm³/mol. The van der Waals surface area contributed by atoms with Crippen molar-refractivity contribution in [3.63, 3.8) is 0 Å². The van der Waals surface area contributed by atoms with E-state index in [4.69, 9.17) is 16.7 Å². The van der Waals surface area contributed by atoms with Crippen LogP contribution in [0.3, 0.4) is 0 Å². The summed E-state index contributed by atoms with van der Waals surface area (Å²) in [6.07, 6.45) is 0. The van der Waals surface area contributed by atoms with Gasteiger partial charge in [0.25, 0.3) is 0 Å². The molecule has 0 aliphatic heterocycles. The van der Waals surface area contributed by atoms with E-state index in [-0.39, 0.29) is 10.0 Å². The molecule has 0 unspecified atom stereocenters. The van der Waals surface area contributed by atoms with Crippen LogP contribution in [-0.2, 0) is 5.92 Å². The lowest BCUT2D eigenvalue weighted by Crippen LogP contribution is -2.16. The lowest BCUT2D eigenvalue weighted by Gasteiger charge is -2.09. The molecule has 0 saturated carbocycles. The third kappa shape index (κ3) is 1.95. The normalized spacial score (nSPS) is 12.3. The van der Waals surface area contributed by atoms with Crippen LogP contribution in [0.5, 0.6) is 0 Å². The molecule has 0 spiro atoms. The van der Waals surface area contributed by atoms with Crippen LogP contribution in [0.4, 0.5) is 8.78 Å². The summed E-state index contributed by atoms with van der Waals surface area (Å²) in [6, 6.07) is 4.43. The van der Waals surface area contributed by atoms with Crippen molar-refractivity contribution in [2.45, 2.75) is 5.92 Å². The number of thiophene rings is 1. The van der Waals surface area contributed by atoms with Gasteiger partial charge in [0.1, 0.15) is 11.8 Å². The largest absolute Gasteiger partial charge is 0.390 e. The monoisotopic (exact) mass is 249 g/mol. The molecule has 0 aliphatic rings. The minimum Gasteiger partial charge on any atom is -0.390 e. The van der Waals surface area contributed by atoms with E-state index < -0.39 is 12.5 Å². The maximum atomic E-state index is 13.1. The van der Waals surface area contributed by atoms with Gasteiger partial charge in [-0.2, -0.15) is 8.78 Å². The standard InChI is InChI=1S/C9H6ClF2NOS/c10-8-2-1-6-5(13-8)3-7(15-6)9(11,12)4-14/h1-3,14H,4H2. The molecule has 0 fully saturated rings. The summed E-state index contributed by atoms with van der Waals surface area (Å²) in [5.41, 5.74) is 0.427. The molecule has 0 saturated heterocycles. The Morgan fingerprint density at radius 1 is 1.47 bits per heavy atom. The number of hydrogen-bond acceptors (Lipinski definition) is 3. The Labute approximate surface area is 93.1 Å². The van der Waals surface area contributed by atoms with Crippen molar-refractivity contribution < 1.29 is 13.9 Å². The summed E-state index contributed by atoms with van der Waals surface area (Å²) in [5, 5.41) is 8.80. The fourth-order valence-corrected chi connectivity index (χ4v) is 2.28. The number of hydrogen-bond donors (Lipinski definition) is 1. The molecule has 0 bridgehead atoms. The highest BCUT2D eigenvalue weighted by Crippen LogP contribution is 2.36. The molecule has 2 aromatic rings. The number of rotatable bonds is 2. The van der Waals surface area contributed by atoms with E-state index in [0.29, 0.717) is 10.2 Å². The Bertz CT molecular complexity index is 500. The lowest BCUT2D eigenvalue weighted by molar-refractivity contribution is -0.0523. The molecule has 0 aliphatic carbocycles. The van der Waals surface area contributed by atoms with Crippen LogP contribution in [-0.4, -0.2) is 16.7 Å². The van der Waals surface area contributed by atoms with Gasteiger partial charge in [0.15, 0.2) is 0 Å². The highest BCUT2D eigenvalue weighted by molar-refractivity contribution is 7.19. The van der Waals surface area contributed by atoms with Gasteiger partial charge in [0.2, 0.25) is 0 Å². The van der Waals surface area contributed by atoms with Crippen molar-refractivity contribution >= 4 is 33.2 Å². The van der Waals surface area contributed by atoms with Crippen LogP contribution >= 0.6 is 22.9 Å². The van der Waals surface area contributed by atoms with Gasteiger partial charge in [0, 0.05) is 0 Å². The van der Waals surface area contributed by atoms with Gasteiger partial charge in [-0.1, -0.05) is 11.6 Å². The number of aliphatic hydroxyl groups excluding tert-OH is 1. The van der Waals surface area contributed by atoms with Crippen molar-refractivity contribution in [2.75, 3.05) is 6.61 Å². The van der Waals surface area contributed by atoms with Crippen LogP contribution in [0.25, 0.3) is 10.2 Å². The number of pyridine rings is 1. The molecular weight excluding hydrogens is 244 g/mol. The van der Waals surface area contributed by atoms with E-state index in [1.54, 1.807) is 12.1 Å². The van der Waals surface area contributed by atoms with E-state index in [2.05, 4.69) is 4.98 Å². The smallest absolute Gasteiger partial charge is 0.304 e. The topological polar surface area (TPSA) is 33.1 Å². The summed E-state index contributed by atoms with van der Waals surface area (Å²) in [4.78, 5) is 3.71. The molecule has 2 aromatic heterocycles. The van der Waals surface area contributed by atoms with E-state index in [1.807, 2.05) is 0 Å². The highest BCUT2D eigenvalue weighted by atomic mass is 35.5. The SMILES string of the molecule is OCC(F)(F)c1cc2nc(Cl)ccc2s1. The second kappa shape index (κ2) is 3.66. The van der Waals surface area contributed by atoms with E-state index >= 15 is 0 Å². The number of alkyl halides is 2. The fourth-order valence-electron chi connectivity index (χ4n) is 1.16. The Hall–Kier alpha value is -0.780. The summed E-state index contributed by atoms with van der Waals surface area (Å²) < 4.78 is 26.9. The second-order valence-electron chi connectivity index (χ2n) is 2.99. The first-order valence-corrected chi connectivity index (χ1v) is 5.27. The maximum Gasteiger partial charge on any atom is 0.304 e. The molecule has 0 aromatic carbocycles. The third-order valence-electron chi connectivity index (χ3n) is 1.90. The Balaban J connectivity index is 2.56. The number of fused-ring (bicyclic) bond motifs is 1. The molecule has 80 valence electrons. The number of nitrogens with zero attached hydrogens (tertiary/aromatic N) is 1. The minimum absolute atomic E-state index is 0.199. The van der Waals surface area contributed by atoms with Gasteiger partial charge in [-0.25, -0.2) is 4.98 Å². The van der Waals surface area contributed by atoms with Crippen LogP contribution in [0.2, 0.25) is 5.15 Å². The molecule has 1 N–H and O–H groups in total. The molecule has 15 heavy (non-hydrogen) atoms. The summed E-state index contributed by atoms with van der Waals surface area (Å²) in [5.74, 6) is -3.21. The zero-order chi connectivity index (χ0) is 11.1. The van der Waals surface area contributed by atoms with Crippen molar-refractivity contribution in [3.8, 4) is 0 Å². The quantitative estimate of drug-likeness (QED) is 0.830. The maximum absolute atomic E-state index is 13.1. The minimum atomic E-state index is -3.21. The molecule has 2 rings (SSSR count). The average Bonchev–Trinajstić information content (AvgIpc) is 2.61. The van der Waals surface area contributed by atoms with Gasteiger partial charge in [-0.05, 0) is 18.2 Å². The first-order chi connectivity index (χ1) is 7.03. The number of aliphatic hydroxyl groups is 1. The second-order valence-corrected chi connectivity index (χ2v) is 4.46. The number of halogens is 3. The Morgan fingerprint density at radius 2 is 2.20 bits per heavy atom. The van der Waals surface area contributed by atoms with Crippen LogP contribution < -0.4 is 0 Å². The zero-order valence-electron chi connectivity index (χ0n) is 7.38. The van der Waals surface area contributed by atoms with Crippen molar-refractivity contribution in [1.29, 1.82) is 0 Å². The summed E-state index contributed by atoms with van der Waals surface area (Å²) >= 11 is 6.54. The molecule has 2 nitrogen and oxygen atoms in total. The van der Waals surface area contributed by atoms with Gasteiger partial charge in [-0.3, -0.25) is 0 Å². The molecule has 0 amide bonds. The molecule has 6 heteroatoms. The fraction of sp³-hybridized carbons (Fsp3) is 0.222. The average molecular weight is 250 g/mol. The number of aromatic nitrogens is 1. The highest BCUT2D eigenvalue weighted by Gasteiger charge is 2.32. The third-order valence-corrected chi connectivity index (χ3v) is 3.31. The first-order valence-electron chi connectivity index (χ1n) is 4.08. The molecular formula is C9H6ClF2NOS. The molecule has 0 radical (unpaired) electrons. The van der Waals surface area contributed by atoms with Crippen LogP contribution in [0, 0.1) is 0 Å². The van der Waals surface area contributed by atoms with Gasteiger partial charge in [-0.15, -0.1) is 11.3 Å². The van der Waals surface area contributed by atoms with E-state index in [1.165, 1.54) is 6.07 Å². The van der Waals surface area contributed by atoms with Crippen molar-refractivity contribution in [3.05, 3.63) is 28.2 Å². The predicted octanol–water partition coefficient (Wildman–Crippen LogP) is 3.03. The van der Waals surface area contributed by atoms with E-state index in [0.717, 1.165) is 11.3 Å². The van der Waals surface area contributed by atoms with Crippen molar-refractivity contribution in [2.24, 2.45) is 0 Å². The molecule has 2 heterocycles. The first kappa shape index (κ1) is 10.7. The zero-order valence-corrected chi connectivity index (χ0v) is 8.95. The summed E-state index contributed by atoms with van der Waals surface area (Å²) in [6.45, 7) is -1.20. The van der Waals surface area contributed by atoms with Crippen LogP contribution in [0.15, 0.2) is 18.2 Å². The van der Waals surface area contributed by atoms with Crippen LogP contribution in [0.1, 0.15) is 4.88 Å². The Morgan fingerprint density at radius 3 is 2.87 bits per heavy atom. The summed E-state index contributed by atoms with van der Waals surface area (Å²) in [7, 11) is 0. The van der Waals surface area contributed by atoms with Gasteiger partial charge < -0.3 is 5.11 Å². The van der Waals surface area contributed by atoms with Crippen molar-refractivity contribution in [1.82, 2.24) is 4.98 Å².